The van der Waals surface area contributed by atoms with Crippen LogP contribution in [-0.4, -0.2) is 27.0 Å². The van der Waals surface area contributed by atoms with Crippen molar-refractivity contribution < 1.29 is 17.9 Å². The van der Waals surface area contributed by atoms with Crippen LogP contribution in [0, 0.1) is 0 Å². The summed E-state index contributed by atoms with van der Waals surface area (Å²) in [4.78, 5) is 12.1. The molecule has 30 heavy (non-hydrogen) atoms. The van der Waals surface area contributed by atoms with E-state index in [1.165, 1.54) is 18.2 Å². The first-order valence-electron chi connectivity index (χ1n) is 9.80. The minimum absolute atomic E-state index is 0.0414. The molecule has 9 heteroatoms. The van der Waals surface area contributed by atoms with Gasteiger partial charge < -0.3 is 10.1 Å². The molecule has 0 aliphatic heterocycles. The maximum absolute atomic E-state index is 12.6. The highest BCUT2D eigenvalue weighted by atomic mass is 35.5. The van der Waals surface area contributed by atoms with E-state index in [9.17, 15) is 13.2 Å². The summed E-state index contributed by atoms with van der Waals surface area (Å²) >= 11 is 12.2. The van der Waals surface area contributed by atoms with Crippen molar-refractivity contribution >= 4 is 39.1 Å². The van der Waals surface area contributed by atoms with Crippen molar-refractivity contribution in [2.75, 3.05) is 6.61 Å². The fourth-order valence-electron chi connectivity index (χ4n) is 3.30. The van der Waals surface area contributed by atoms with Crippen LogP contribution in [0.25, 0.3) is 0 Å². The average molecular weight is 471 g/mol. The standard InChI is InChI=1S/C21H24Cl2N2O4S/c22-18-9-5-4-6-15(18)13-24-21(26)14-29-20-11-10-17(12-19(20)23)30(27,28)25-16-7-2-1-3-8-16/h4-6,9-12,16,25H,1-3,7-8,13-14H2,(H,24,26). The van der Waals surface area contributed by atoms with Gasteiger partial charge in [-0.2, -0.15) is 0 Å². The highest BCUT2D eigenvalue weighted by molar-refractivity contribution is 7.89. The fourth-order valence-corrected chi connectivity index (χ4v) is 5.14. The van der Waals surface area contributed by atoms with Crippen LogP contribution < -0.4 is 14.8 Å². The molecule has 0 heterocycles. The summed E-state index contributed by atoms with van der Waals surface area (Å²) in [5, 5.41) is 3.41. The van der Waals surface area contributed by atoms with Crippen LogP contribution >= 0.6 is 23.2 Å². The number of benzene rings is 2. The quantitative estimate of drug-likeness (QED) is 0.602. The number of hydrogen-bond donors (Lipinski definition) is 2. The second-order valence-corrected chi connectivity index (χ2v) is 9.73. The molecule has 2 aromatic rings. The highest BCUT2D eigenvalue weighted by Crippen LogP contribution is 2.28. The number of halogens is 2. The lowest BCUT2D eigenvalue weighted by atomic mass is 9.96. The van der Waals surface area contributed by atoms with Crippen molar-refractivity contribution in [2.24, 2.45) is 0 Å². The minimum Gasteiger partial charge on any atom is -0.482 e. The van der Waals surface area contributed by atoms with E-state index in [0.717, 1.165) is 37.7 Å². The number of ether oxygens (including phenoxy) is 1. The number of carbonyl (C=O) groups is 1. The minimum atomic E-state index is -3.66. The monoisotopic (exact) mass is 470 g/mol. The Labute approximate surface area is 187 Å². The van der Waals surface area contributed by atoms with Crippen LogP contribution in [0.2, 0.25) is 10.0 Å². The highest BCUT2D eigenvalue weighted by Gasteiger charge is 2.22. The summed E-state index contributed by atoms with van der Waals surface area (Å²) in [6.45, 7) is 0.0240. The molecule has 1 amide bonds. The van der Waals surface area contributed by atoms with Gasteiger partial charge in [-0.1, -0.05) is 60.7 Å². The molecule has 6 nitrogen and oxygen atoms in total. The zero-order chi connectivity index (χ0) is 21.6. The zero-order valence-corrected chi connectivity index (χ0v) is 18.7. The molecule has 0 radical (unpaired) electrons. The Balaban J connectivity index is 1.54. The van der Waals surface area contributed by atoms with Crippen molar-refractivity contribution in [2.45, 2.75) is 49.6 Å². The number of rotatable bonds is 8. The van der Waals surface area contributed by atoms with Gasteiger partial charge in [0, 0.05) is 17.6 Å². The largest absolute Gasteiger partial charge is 0.482 e. The van der Waals surface area contributed by atoms with Crippen molar-refractivity contribution in [1.82, 2.24) is 10.0 Å². The lowest BCUT2D eigenvalue weighted by molar-refractivity contribution is -0.123. The van der Waals surface area contributed by atoms with Crippen molar-refractivity contribution in [3.8, 4) is 5.75 Å². The van der Waals surface area contributed by atoms with Crippen LogP contribution in [0.5, 0.6) is 5.75 Å². The van der Waals surface area contributed by atoms with E-state index in [1.807, 2.05) is 18.2 Å². The lowest BCUT2D eigenvalue weighted by Crippen LogP contribution is -2.36. The number of carbonyl (C=O) groups excluding carboxylic acids is 1. The van der Waals surface area contributed by atoms with Crippen LogP contribution in [0.4, 0.5) is 0 Å². The third-order valence-corrected chi connectivity index (χ3v) is 7.12. The first kappa shape index (κ1) is 22.9. The molecular weight excluding hydrogens is 447 g/mol. The summed E-state index contributed by atoms with van der Waals surface area (Å²) in [6, 6.07) is 11.4. The summed E-state index contributed by atoms with van der Waals surface area (Å²) in [7, 11) is -3.66. The lowest BCUT2D eigenvalue weighted by Gasteiger charge is -2.22. The predicted octanol–water partition coefficient (Wildman–Crippen LogP) is 4.30. The van der Waals surface area contributed by atoms with Crippen LogP contribution in [0.1, 0.15) is 37.7 Å². The molecule has 2 aromatic carbocycles. The second kappa shape index (κ2) is 10.5. The summed E-state index contributed by atoms with van der Waals surface area (Å²) < 4.78 is 33.4. The summed E-state index contributed by atoms with van der Waals surface area (Å²) in [6.07, 6.45) is 4.88. The van der Waals surface area contributed by atoms with Gasteiger partial charge in [-0.3, -0.25) is 4.79 Å². The van der Waals surface area contributed by atoms with Gasteiger partial charge in [0.15, 0.2) is 6.61 Å². The topological polar surface area (TPSA) is 84.5 Å². The van der Waals surface area contributed by atoms with Gasteiger partial charge in [-0.25, -0.2) is 13.1 Å². The molecule has 162 valence electrons. The average Bonchev–Trinajstić information content (AvgIpc) is 2.72. The molecule has 0 bridgehead atoms. The normalized spacial score (nSPS) is 15.0. The van der Waals surface area contributed by atoms with Gasteiger partial charge in [0.2, 0.25) is 10.0 Å². The van der Waals surface area contributed by atoms with Gasteiger partial charge in [0.05, 0.1) is 9.92 Å². The Morgan fingerprint density at radius 3 is 2.47 bits per heavy atom. The van der Waals surface area contributed by atoms with Gasteiger partial charge in [-0.15, -0.1) is 0 Å². The number of sulfonamides is 1. The van der Waals surface area contributed by atoms with Gasteiger partial charge in [0.25, 0.3) is 5.91 Å². The van der Waals surface area contributed by atoms with Crippen molar-refractivity contribution in [3.63, 3.8) is 0 Å². The first-order chi connectivity index (χ1) is 14.3. The molecule has 0 saturated heterocycles. The molecule has 3 rings (SSSR count). The molecule has 1 aliphatic carbocycles. The zero-order valence-electron chi connectivity index (χ0n) is 16.4. The van der Waals surface area contributed by atoms with E-state index < -0.39 is 10.0 Å². The Morgan fingerprint density at radius 1 is 1.03 bits per heavy atom. The predicted molar refractivity (Wildman–Crippen MR) is 117 cm³/mol. The van der Waals surface area contributed by atoms with E-state index in [0.29, 0.717) is 5.02 Å². The van der Waals surface area contributed by atoms with Crippen LogP contribution in [-0.2, 0) is 21.4 Å². The maximum atomic E-state index is 12.6. The van der Waals surface area contributed by atoms with Crippen LogP contribution in [0.3, 0.4) is 0 Å². The van der Waals surface area contributed by atoms with E-state index >= 15 is 0 Å². The Morgan fingerprint density at radius 2 is 1.77 bits per heavy atom. The fraction of sp³-hybridized carbons (Fsp3) is 0.381. The molecule has 1 aliphatic rings. The molecule has 0 atom stereocenters. The molecule has 1 fully saturated rings. The smallest absolute Gasteiger partial charge is 0.258 e. The van der Waals surface area contributed by atoms with Gasteiger partial charge in [-0.05, 0) is 42.7 Å². The third kappa shape index (κ3) is 6.35. The molecule has 1 saturated carbocycles. The second-order valence-electron chi connectivity index (χ2n) is 7.21. The van der Waals surface area contributed by atoms with Crippen molar-refractivity contribution in [3.05, 3.63) is 58.1 Å². The van der Waals surface area contributed by atoms with E-state index in [4.69, 9.17) is 27.9 Å². The van der Waals surface area contributed by atoms with E-state index in [-0.39, 0.29) is 40.8 Å². The van der Waals surface area contributed by atoms with E-state index in [1.54, 1.807) is 6.07 Å². The number of nitrogens with one attached hydrogen (secondary N) is 2. The van der Waals surface area contributed by atoms with Gasteiger partial charge >= 0.3 is 0 Å². The number of amides is 1. The molecular formula is C21H24Cl2N2O4S. The van der Waals surface area contributed by atoms with Gasteiger partial charge in [0.1, 0.15) is 5.75 Å². The molecule has 0 unspecified atom stereocenters. The summed E-state index contributed by atoms with van der Waals surface area (Å²) in [5.41, 5.74) is 0.797. The van der Waals surface area contributed by atoms with E-state index in [2.05, 4.69) is 10.0 Å². The van der Waals surface area contributed by atoms with Crippen molar-refractivity contribution in [1.29, 1.82) is 0 Å². The SMILES string of the molecule is O=C(COc1ccc(S(=O)(=O)NC2CCCCC2)cc1Cl)NCc1ccccc1Cl. The third-order valence-electron chi connectivity index (χ3n) is 4.93. The van der Waals surface area contributed by atoms with Crippen LogP contribution in [0.15, 0.2) is 47.4 Å². The number of hydrogen-bond acceptors (Lipinski definition) is 4. The Bertz CT molecular complexity index is 992. The molecule has 2 N–H and O–H groups in total. The molecule has 0 aromatic heterocycles. The Hall–Kier alpha value is -1.80. The summed E-state index contributed by atoms with van der Waals surface area (Å²) in [5.74, 6) is -0.108. The maximum Gasteiger partial charge on any atom is 0.258 e. The Kier molecular flexibility index (Phi) is 7.99. The molecule has 0 spiro atoms. The first-order valence-corrected chi connectivity index (χ1v) is 12.0.